The summed E-state index contributed by atoms with van der Waals surface area (Å²) in [6.07, 6.45) is 19.3. The first kappa shape index (κ1) is 70.7. The van der Waals surface area contributed by atoms with Gasteiger partial charge in [0.1, 0.15) is 24.3 Å². The highest BCUT2D eigenvalue weighted by molar-refractivity contribution is 5.99. The molecule has 11 aromatic rings. The third-order valence-electron chi connectivity index (χ3n) is 15.8. The molecule has 100 heavy (non-hydrogen) atoms. The molecule has 4 aromatic carbocycles. The Kier molecular flexibility index (Phi) is 20.1. The minimum absolute atomic E-state index is 0. The van der Waals surface area contributed by atoms with E-state index in [1.54, 1.807) is 97.1 Å². The van der Waals surface area contributed by atoms with E-state index in [-0.39, 0.29) is 72.4 Å². The number of hydrogen-bond acceptors (Lipinski definition) is 18. The number of nitro groups is 8. The quantitative estimate of drug-likeness (QED) is 0.0713. The second kappa shape index (κ2) is 28.4. The molecular weight excluding hydrogens is 1390 g/mol. The summed E-state index contributed by atoms with van der Waals surface area (Å²) in [7, 11) is 0. The Bertz CT molecular complexity index is 4860. The van der Waals surface area contributed by atoms with Crippen LogP contribution < -0.4 is 67.9 Å². The minimum Gasteiger partial charge on any atom is -1.00 e. The van der Waals surface area contributed by atoms with Gasteiger partial charge in [-0.05, 0) is 70.8 Å². The van der Waals surface area contributed by atoms with E-state index in [4.69, 9.17) is 9.97 Å². The SMILES string of the molecule is O=[N+]([O-])c1ccc(-[n+]2ccc(-c3c4nc(c(-c5cc[n+](-c6ccc([N+](=O)[O-])cc6[N+](=O)[O-])cc5)c5ccc([nH]5)c(-c5cc[n+](-c6ccc([N+](=O)[O-])cc6[N+](=O)[O-])cc5)c5nc(c(-c6cc[n+](-c7ccc([N+](=O)[O-])cc7[N+](=O)[O-])cc6)c6ccc3[nH]6)C=C5)C=C4)cc2)c([N+](=O)[O-])c1.[Cl-].[Cl-].[Cl-].[Cl-]. The Balaban J connectivity index is 0.00000292. The van der Waals surface area contributed by atoms with Gasteiger partial charge in [0.25, 0.3) is 45.5 Å². The first-order valence-corrected chi connectivity index (χ1v) is 28.1. The Morgan fingerprint density at radius 2 is 0.450 bits per heavy atom. The van der Waals surface area contributed by atoms with Crippen molar-refractivity contribution in [1.29, 1.82) is 0 Å². The molecule has 0 amide bonds. The molecular formula is C64H38Cl4N16O16. The zero-order valence-corrected chi connectivity index (χ0v) is 53.1. The maximum absolute atomic E-state index is 12.3. The summed E-state index contributed by atoms with van der Waals surface area (Å²) >= 11 is 0. The fourth-order valence-corrected chi connectivity index (χ4v) is 11.4. The number of hydrogen-bond donors (Lipinski definition) is 2. The van der Waals surface area contributed by atoms with E-state index in [2.05, 4.69) is 9.97 Å². The van der Waals surface area contributed by atoms with Crippen LogP contribution in [0.25, 0.3) is 114 Å². The van der Waals surface area contributed by atoms with Gasteiger partial charge in [0.15, 0.2) is 49.6 Å². The molecule has 0 spiro atoms. The third-order valence-corrected chi connectivity index (χ3v) is 15.8. The molecule has 0 saturated carbocycles. The van der Waals surface area contributed by atoms with Gasteiger partial charge in [-0.15, -0.1) is 0 Å². The molecule has 7 aromatic heterocycles. The molecule has 0 unspecified atom stereocenters. The van der Waals surface area contributed by atoms with Gasteiger partial charge in [-0.3, -0.25) is 80.9 Å². The topological polar surface area (TPSA) is 418 Å². The van der Waals surface area contributed by atoms with Crippen molar-refractivity contribution in [2.24, 2.45) is 0 Å². The van der Waals surface area contributed by atoms with Crippen LogP contribution in [0.4, 0.5) is 45.5 Å². The molecule has 8 bridgehead atoms. The van der Waals surface area contributed by atoms with Crippen molar-refractivity contribution in [3.8, 4) is 67.3 Å². The molecule has 498 valence electrons. The van der Waals surface area contributed by atoms with E-state index >= 15 is 0 Å². The molecule has 2 aliphatic rings. The van der Waals surface area contributed by atoms with Crippen molar-refractivity contribution < 1.29 is 107 Å². The van der Waals surface area contributed by atoms with Crippen molar-refractivity contribution in [2.75, 3.05) is 0 Å². The van der Waals surface area contributed by atoms with Crippen LogP contribution in [0.2, 0.25) is 0 Å². The molecule has 2 aliphatic heterocycles. The maximum atomic E-state index is 12.3. The number of nitrogens with zero attached hydrogens (tertiary/aromatic N) is 14. The molecule has 0 fully saturated rings. The number of rotatable bonds is 16. The highest BCUT2D eigenvalue weighted by atomic mass is 35.5. The smallest absolute Gasteiger partial charge is 0.347 e. The molecule has 36 heteroatoms. The summed E-state index contributed by atoms with van der Waals surface area (Å²) in [4.78, 5) is 108. The summed E-state index contributed by atoms with van der Waals surface area (Å²) in [5.41, 5.74) is 3.28. The van der Waals surface area contributed by atoms with Crippen LogP contribution in [0.15, 0.2) is 195 Å². The highest BCUT2D eigenvalue weighted by Crippen LogP contribution is 2.40. The predicted octanol–water partition coefficient (Wildman–Crippen LogP) is -0.288. The third kappa shape index (κ3) is 13.3. The first-order chi connectivity index (χ1) is 46.2. The van der Waals surface area contributed by atoms with E-state index in [0.717, 1.165) is 48.5 Å². The molecule has 2 N–H and O–H groups in total. The molecule has 9 heterocycles. The van der Waals surface area contributed by atoms with Gasteiger partial charge < -0.3 is 59.6 Å². The van der Waals surface area contributed by atoms with Gasteiger partial charge in [0.2, 0.25) is 0 Å². The number of aromatic nitrogens is 8. The van der Waals surface area contributed by atoms with Crippen LogP contribution in [0.1, 0.15) is 22.8 Å². The first-order valence-electron chi connectivity index (χ1n) is 28.1. The molecule has 13 rings (SSSR count). The molecule has 0 radical (unpaired) electrons. The summed E-state index contributed by atoms with van der Waals surface area (Å²) < 4.78 is 5.70. The monoisotopic (exact) mass is 1430 g/mol. The number of nitro benzene ring substituents is 8. The van der Waals surface area contributed by atoms with E-state index in [9.17, 15) is 80.9 Å². The fourth-order valence-electron chi connectivity index (χ4n) is 11.4. The van der Waals surface area contributed by atoms with Crippen molar-refractivity contribution in [3.63, 3.8) is 0 Å². The van der Waals surface area contributed by atoms with E-state index < -0.39 is 84.9 Å². The van der Waals surface area contributed by atoms with Gasteiger partial charge >= 0.3 is 22.7 Å². The van der Waals surface area contributed by atoms with Crippen molar-refractivity contribution in [2.45, 2.75) is 0 Å². The maximum Gasteiger partial charge on any atom is 0.347 e. The van der Waals surface area contributed by atoms with Gasteiger partial charge in [0.05, 0.1) is 62.2 Å². The van der Waals surface area contributed by atoms with Gasteiger partial charge in [0, 0.05) is 141 Å². The van der Waals surface area contributed by atoms with Crippen LogP contribution in [-0.2, 0) is 0 Å². The largest absolute Gasteiger partial charge is 1.00 e. The molecule has 0 aliphatic carbocycles. The van der Waals surface area contributed by atoms with Gasteiger partial charge in [-0.1, -0.05) is 0 Å². The van der Waals surface area contributed by atoms with Crippen molar-refractivity contribution in [1.82, 2.24) is 19.9 Å². The number of halogens is 4. The average Bonchev–Trinajstić information content (AvgIpc) is 1.61. The number of non-ortho nitro benzene ring substituents is 4. The van der Waals surface area contributed by atoms with Crippen LogP contribution in [0.3, 0.4) is 0 Å². The Labute approximate surface area is 582 Å². The zero-order valence-electron chi connectivity index (χ0n) is 50.1. The standard InChI is InChI=1S/C64H37N16O16.4ClH/c81-73(82)41-1-13-53(57(33-41)77(89)90)69-25-17-37(18-26-69)61-45-5-7-47(65-45)62(38-19-27-70(28-20-38)54-14-2-42(74(83)84)34-58(54)78(91)92)49-9-11-51(67-49)64(40-23-31-72(32-24-40)56-16-4-44(76(87)88)36-60(56)80(95)96)52-12-10-50(68-52)63(48-8-6-46(61)66-48)39-21-29-71(30-22-39)55-15-3-43(75(85)86)35-59(55)79(93)94;;;;/h1-36H,(H,65,66,67,68);4*1H/q+3;;;;/p-3. The number of benzene rings is 4. The minimum atomic E-state index is -0.743. The Hall–Kier alpha value is -13.6. The van der Waals surface area contributed by atoms with E-state index in [1.165, 1.54) is 92.1 Å². The fraction of sp³-hybridized carbons (Fsp3) is 0. The van der Waals surface area contributed by atoms with Crippen LogP contribution >= 0.6 is 0 Å². The average molecular weight is 1430 g/mol. The number of H-pyrrole nitrogens is 2. The lowest BCUT2D eigenvalue weighted by atomic mass is 10.0. The zero-order chi connectivity index (χ0) is 67.4. The Morgan fingerprint density at radius 1 is 0.260 bits per heavy atom. The number of fused-ring (bicyclic) bond motifs is 8. The lowest BCUT2D eigenvalue weighted by molar-refractivity contribution is -0.601. The summed E-state index contributed by atoms with van der Waals surface area (Å²) in [5.74, 6) is 0. The van der Waals surface area contributed by atoms with Crippen molar-refractivity contribution in [3.05, 3.63) is 299 Å². The van der Waals surface area contributed by atoms with Crippen LogP contribution in [-0.4, -0.2) is 59.3 Å². The summed E-state index contributed by atoms with van der Waals surface area (Å²) in [5, 5.41) is 96.0. The highest BCUT2D eigenvalue weighted by Gasteiger charge is 2.32. The van der Waals surface area contributed by atoms with Gasteiger partial charge in [-0.2, -0.15) is 18.3 Å². The second-order valence-electron chi connectivity index (χ2n) is 21.2. The van der Waals surface area contributed by atoms with E-state index in [0.29, 0.717) is 89.4 Å². The normalized spacial score (nSPS) is 11.0. The van der Waals surface area contributed by atoms with Crippen LogP contribution in [0.5, 0.6) is 0 Å². The van der Waals surface area contributed by atoms with Gasteiger partial charge in [-0.25, -0.2) is 9.97 Å². The lowest BCUT2D eigenvalue weighted by Crippen LogP contribution is -3.00. The van der Waals surface area contributed by atoms with Crippen molar-refractivity contribution >= 4 is 91.9 Å². The molecule has 32 nitrogen and oxygen atoms in total. The lowest BCUT2D eigenvalue weighted by Gasteiger charge is -2.07. The predicted molar refractivity (Wildman–Crippen MR) is 340 cm³/mol. The second-order valence-corrected chi connectivity index (χ2v) is 21.2. The van der Waals surface area contributed by atoms with Crippen LogP contribution in [0, 0.1) is 80.9 Å². The number of pyridine rings is 4. The summed E-state index contributed by atoms with van der Waals surface area (Å²) in [6, 6.07) is 33.5. The summed E-state index contributed by atoms with van der Waals surface area (Å²) in [6.45, 7) is 0. The molecule has 0 atom stereocenters. The number of nitrogens with one attached hydrogen (secondary N) is 2. The Morgan fingerprint density at radius 3 is 0.620 bits per heavy atom. The number of aromatic amines is 2. The molecule has 0 saturated heterocycles. The van der Waals surface area contributed by atoms with E-state index in [1.807, 2.05) is 0 Å².